The second-order valence-electron chi connectivity index (χ2n) is 4.43. The van der Waals surface area contributed by atoms with Gasteiger partial charge in [0.05, 0.1) is 0 Å². The summed E-state index contributed by atoms with van der Waals surface area (Å²) in [6.07, 6.45) is 4.54. The number of aromatic nitrogens is 2. The van der Waals surface area contributed by atoms with Crippen LogP contribution in [0.15, 0.2) is 43.0 Å². The summed E-state index contributed by atoms with van der Waals surface area (Å²) in [5.74, 6) is -0.0271. The van der Waals surface area contributed by atoms with E-state index in [9.17, 15) is 9.59 Å². The molecule has 0 aliphatic rings. The van der Waals surface area contributed by atoms with Gasteiger partial charge in [-0.2, -0.15) is 0 Å². The van der Waals surface area contributed by atoms with Gasteiger partial charge < -0.3 is 10.2 Å². The Bertz CT molecular complexity index is 607. The Kier molecular flexibility index (Phi) is 4.14. The Balaban J connectivity index is 2.16. The zero-order chi connectivity index (χ0) is 14.5. The first-order chi connectivity index (χ1) is 9.58. The van der Waals surface area contributed by atoms with Gasteiger partial charge in [0, 0.05) is 38.6 Å². The minimum absolute atomic E-state index is 0.0271. The zero-order valence-electron chi connectivity index (χ0n) is 11.4. The number of anilines is 1. The molecule has 6 heteroatoms. The lowest BCUT2D eigenvalue weighted by Gasteiger charge is -2.17. The summed E-state index contributed by atoms with van der Waals surface area (Å²) in [7, 11) is 1.72. The SMILES string of the molecule is CC(=O)N(C)Cc1ccccc1NC(=O)n1ccnc1. The maximum absolute atomic E-state index is 12.0. The average molecular weight is 272 g/mol. The molecule has 2 aromatic rings. The van der Waals surface area contributed by atoms with E-state index in [1.54, 1.807) is 24.2 Å². The van der Waals surface area contributed by atoms with E-state index >= 15 is 0 Å². The maximum Gasteiger partial charge on any atom is 0.331 e. The summed E-state index contributed by atoms with van der Waals surface area (Å²) in [5, 5.41) is 2.80. The van der Waals surface area contributed by atoms with Crippen LogP contribution < -0.4 is 5.32 Å². The molecule has 104 valence electrons. The van der Waals surface area contributed by atoms with Crippen LogP contribution in [-0.2, 0) is 11.3 Å². The number of para-hydroxylation sites is 1. The Labute approximate surface area is 117 Å². The van der Waals surface area contributed by atoms with Gasteiger partial charge in [0.1, 0.15) is 6.33 Å². The van der Waals surface area contributed by atoms with E-state index in [0.717, 1.165) is 5.56 Å². The highest BCUT2D eigenvalue weighted by Gasteiger charge is 2.10. The van der Waals surface area contributed by atoms with Crippen molar-refractivity contribution in [1.29, 1.82) is 0 Å². The molecule has 0 aliphatic heterocycles. The highest BCUT2D eigenvalue weighted by molar-refractivity contribution is 5.91. The number of rotatable bonds is 3. The lowest BCUT2D eigenvalue weighted by Crippen LogP contribution is -2.24. The molecule has 0 bridgehead atoms. The minimum atomic E-state index is -0.291. The van der Waals surface area contributed by atoms with Gasteiger partial charge >= 0.3 is 6.03 Å². The van der Waals surface area contributed by atoms with Crippen LogP contribution in [-0.4, -0.2) is 33.4 Å². The van der Waals surface area contributed by atoms with E-state index in [1.807, 2.05) is 18.2 Å². The van der Waals surface area contributed by atoms with E-state index in [0.29, 0.717) is 12.2 Å². The molecule has 0 unspecified atom stereocenters. The van der Waals surface area contributed by atoms with Gasteiger partial charge in [-0.3, -0.25) is 9.36 Å². The molecule has 1 heterocycles. The molecule has 6 nitrogen and oxygen atoms in total. The van der Waals surface area contributed by atoms with Crippen molar-refractivity contribution in [3.63, 3.8) is 0 Å². The highest BCUT2D eigenvalue weighted by atomic mass is 16.2. The number of nitrogens with zero attached hydrogens (tertiary/aromatic N) is 3. The number of carbonyl (C=O) groups excluding carboxylic acids is 2. The first kappa shape index (κ1) is 13.8. The molecule has 0 atom stereocenters. The number of carbonyl (C=O) groups is 2. The summed E-state index contributed by atoms with van der Waals surface area (Å²) in [6.45, 7) is 1.95. The average Bonchev–Trinajstić information content (AvgIpc) is 2.94. The van der Waals surface area contributed by atoms with Crippen molar-refractivity contribution in [2.75, 3.05) is 12.4 Å². The molecule has 0 radical (unpaired) electrons. The predicted molar refractivity (Wildman–Crippen MR) is 75.2 cm³/mol. The van der Waals surface area contributed by atoms with Gasteiger partial charge in [0.15, 0.2) is 0 Å². The lowest BCUT2D eigenvalue weighted by atomic mass is 10.1. The second-order valence-corrected chi connectivity index (χ2v) is 4.43. The molecule has 0 saturated heterocycles. The molecule has 1 N–H and O–H groups in total. The number of benzene rings is 1. The number of nitrogens with one attached hydrogen (secondary N) is 1. The fraction of sp³-hybridized carbons (Fsp3) is 0.214. The highest BCUT2D eigenvalue weighted by Crippen LogP contribution is 2.17. The monoisotopic (exact) mass is 272 g/mol. The summed E-state index contributed by atoms with van der Waals surface area (Å²) < 4.78 is 1.35. The number of imidazole rings is 1. The summed E-state index contributed by atoms with van der Waals surface area (Å²) >= 11 is 0. The second kappa shape index (κ2) is 6.01. The van der Waals surface area contributed by atoms with E-state index in [2.05, 4.69) is 10.3 Å². The van der Waals surface area contributed by atoms with Crippen molar-refractivity contribution >= 4 is 17.6 Å². The summed E-state index contributed by atoms with van der Waals surface area (Å²) in [6, 6.07) is 7.10. The summed E-state index contributed by atoms with van der Waals surface area (Å²) in [4.78, 5) is 28.7. The first-order valence-electron chi connectivity index (χ1n) is 6.17. The number of hydrogen-bond acceptors (Lipinski definition) is 3. The van der Waals surface area contributed by atoms with Crippen molar-refractivity contribution in [3.05, 3.63) is 48.5 Å². The van der Waals surface area contributed by atoms with Gasteiger partial charge in [0.2, 0.25) is 5.91 Å². The van der Waals surface area contributed by atoms with Gasteiger partial charge in [-0.1, -0.05) is 18.2 Å². The molecule has 0 fully saturated rings. The quantitative estimate of drug-likeness (QED) is 0.928. The molecule has 1 aromatic carbocycles. The maximum atomic E-state index is 12.0. The third kappa shape index (κ3) is 3.23. The van der Waals surface area contributed by atoms with Gasteiger partial charge in [-0.25, -0.2) is 9.78 Å². The fourth-order valence-corrected chi connectivity index (χ4v) is 1.71. The largest absolute Gasteiger partial charge is 0.342 e. The van der Waals surface area contributed by atoms with Crippen LogP contribution in [0, 0.1) is 0 Å². The van der Waals surface area contributed by atoms with Crippen LogP contribution in [0.5, 0.6) is 0 Å². The molecule has 0 aliphatic carbocycles. The minimum Gasteiger partial charge on any atom is -0.342 e. The molecular weight excluding hydrogens is 256 g/mol. The smallest absolute Gasteiger partial charge is 0.331 e. The normalized spacial score (nSPS) is 10.1. The van der Waals surface area contributed by atoms with Crippen molar-refractivity contribution in [2.24, 2.45) is 0 Å². The van der Waals surface area contributed by atoms with Crippen molar-refractivity contribution in [3.8, 4) is 0 Å². The molecule has 20 heavy (non-hydrogen) atoms. The molecule has 1 aromatic heterocycles. The van der Waals surface area contributed by atoms with E-state index in [4.69, 9.17) is 0 Å². The molecule has 0 saturated carbocycles. The van der Waals surface area contributed by atoms with Crippen LogP contribution >= 0.6 is 0 Å². The van der Waals surface area contributed by atoms with Crippen LogP contribution in [0.3, 0.4) is 0 Å². The molecule has 2 amide bonds. The van der Waals surface area contributed by atoms with E-state index in [-0.39, 0.29) is 11.9 Å². The van der Waals surface area contributed by atoms with Crippen LogP contribution in [0.4, 0.5) is 10.5 Å². The fourth-order valence-electron chi connectivity index (χ4n) is 1.71. The first-order valence-corrected chi connectivity index (χ1v) is 6.17. The Morgan fingerprint density at radius 1 is 1.35 bits per heavy atom. The third-order valence-electron chi connectivity index (χ3n) is 2.94. The van der Waals surface area contributed by atoms with Gasteiger partial charge in [-0.15, -0.1) is 0 Å². The van der Waals surface area contributed by atoms with Crippen molar-refractivity contribution in [1.82, 2.24) is 14.5 Å². The van der Waals surface area contributed by atoms with E-state index < -0.39 is 0 Å². The topological polar surface area (TPSA) is 67.2 Å². The van der Waals surface area contributed by atoms with Crippen LogP contribution in [0.2, 0.25) is 0 Å². The van der Waals surface area contributed by atoms with Crippen LogP contribution in [0.25, 0.3) is 0 Å². The van der Waals surface area contributed by atoms with Crippen LogP contribution in [0.1, 0.15) is 12.5 Å². The van der Waals surface area contributed by atoms with Gasteiger partial charge in [-0.05, 0) is 11.6 Å². The lowest BCUT2D eigenvalue weighted by molar-refractivity contribution is -0.128. The Morgan fingerprint density at radius 3 is 2.75 bits per heavy atom. The zero-order valence-corrected chi connectivity index (χ0v) is 11.4. The summed E-state index contributed by atoms with van der Waals surface area (Å²) in [5.41, 5.74) is 1.55. The predicted octanol–water partition coefficient (Wildman–Crippen LogP) is 1.94. The number of amides is 2. The number of hydrogen-bond donors (Lipinski definition) is 1. The molecular formula is C14H16N4O2. The van der Waals surface area contributed by atoms with Gasteiger partial charge in [0.25, 0.3) is 0 Å². The van der Waals surface area contributed by atoms with Crippen molar-refractivity contribution in [2.45, 2.75) is 13.5 Å². The van der Waals surface area contributed by atoms with E-state index in [1.165, 1.54) is 24.0 Å². The third-order valence-corrected chi connectivity index (χ3v) is 2.94. The van der Waals surface area contributed by atoms with Crippen molar-refractivity contribution < 1.29 is 9.59 Å². The Hall–Kier alpha value is -2.63. The Morgan fingerprint density at radius 2 is 2.10 bits per heavy atom. The standard InChI is InChI=1S/C14H16N4O2/c1-11(19)17(2)9-12-5-3-4-6-13(12)16-14(20)18-8-7-15-10-18/h3-8,10H,9H2,1-2H3,(H,16,20). The molecule has 0 spiro atoms. The molecule has 2 rings (SSSR count).